The molecule has 0 spiro atoms. The second-order valence-electron chi connectivity index (χ2n) is 12.5. The van der Waals surface area contributed by atoms with Crippen LogP contribution in [-0.4, -0.2) is 62.7 Å². The average Bonchev–Trinajstić information content (AvgIpc) is 3.36. The lowest BCUT2D eigenvalue weighted by Crippen LogP contribution is -2.52. The predicted octanol–water partition coefficient (Wildman–Crippen LogP) is 4.61. The Kier molecular flexibility index (Phi) is 8.34. The molecule has 43 heavy (non-hydrogen) atoms. The molecule has 9 nitrogen and oxygen atoms in total. The molecular formula is C32H36F2N6O3. The Morgan fingerprint density at radius 3 is 2.47 bits per heavy atom. The molecule has 1 saturated carbocycles. The zero-order valence-corrected chi connectivity index (χ0v) is 24.5. The van der Waals surface area contributed by atoms with Crippen molar-refractivity contribution in [1.29, 1.82) is 5.26 Å². The zero-order chi connectivity index (χ0) is 30.9. The van der Waals surface area contributed by atoms with Gasteiger partial charge in [-0.05, 0) is 42.0 Å². The van der Waals surface area contributed by atoms with Crippen molar-refractivity contribution in [1.82, 2.24) is 20.4 Å². The van der Waals surface area contributed by atoms with Crippen molar-refractivity contribution in [3.63, 3.8) is 0 Å². The molecule has 1 aromatic heterocycles. The number of rotatable bonds is 6. The number of benzene rings is 2. The highest BCUT2D eigenvalue weighted by molar-refractivity contribution is 6.05. The number of nitrogens with one attached hydrogen (secondary N) is 1. The van der Waals surface area contributed by atoms with Crippen molar-refractivity contribution in [2.24, 2.45) is 0 Å². The number of fused-ring (bicyclic) bond motifs is 1. The van der Waals surface area contributed by atoms with Crippen LogP contribution in [0.5, 0.6) is 0 Å². The van der Waals surface area contributed by atoms with Crippen LogP contribution in [0.2, 0.25) is 0 Å². The summed E-state index contributed by atoms with van der Waals surface area (Å²) < 4.78 is 27.9. The number of anilines is 1. The third kappa shape index (κ3) is 6.44. The molecule has 3 aromatic rings. The highest BCUT2D eigenvalue weighted by Crippen LogP contribution is 2.37. The highest BCUT2D eigenvalue weighted by atomic mass is 19.3. The number of likely N-dealkylation sites (tertiary alicyclic amines) is 1. The normalized spacial score (nSPS) is 21.3. The topological polar surface area (TPSA) is 122 Å². The second kappa shape index (κ2) is 11.8. The molecule has 1 aliphatic heterocycles. The van der Waals surface area contributed by atoms with E-state index in [9.17, 15) is 28.7 Å². The maximum Gasteiger partial charge on any atom is 0.251 e. The molecule has 3 unspecified atom stereocenters. The molecule has 3 atom stereocenters. The molecule has 2 fully saturated rings. The van der Waals surface area contributed by atoms with E-state index in [4.69, 9.17) is 0 Å². The number of nitrogens with zero attached hydrogens (tertiary/aromatic N) is 5. The number of aliphatic hydroxyl groups is 1. The molecule has 2 amide bonds. The summed E-state index contributed by atoms with van der Waals surface area (Å²) in [5.74, 6) is -3.87. The predicted molar refractivity (Wildman–Crippen MR) is 157 cm³/mol. The summed E-state index contributed by atoms with van der Waals surface area (Å²) in [5.41, 5.74) is 2.17. The molecule has 2 aromatic carbocycles. The van der Waals surface area contributed by atoms with E-state index in [1.165, 1.54) is 16.0 Å². The monoisotopic (exact) mass is 590 g/mol. The van der Waals surface area contributed by atoms with Crippen molar-refractivity contribution in [2.75, 3.05) is 11.4 Å². The van der Waals surface area contributed by atoms with Gasteiger partial charge in [-0.15, -0.1) is 0 Å². The molecule has 0 bridgehead atoms. The SMILES string of the molecule is CC(C)(C)c1ccc(N(C(=O)C2CC(O)CN2C#N)C(C(=O)NC2CCC(F)(F)CC2)c2cnnc3ccccc23)cc1. The molecule has 2 aliphatic rings. The van der Waals surface area contributed by atoms with Gasteiger partial charge in [-0.3, -0.25) is 19.4 Å². The van der Waals surface area contributed by atoms with E-state index in [1.54, 1.807) is 36.4 Å². The fraction of sp³-hybridized carbons (Fsp3) is 0.469. The number of hydrogen-bond acceptors (Lipinski definition) is 7. The summed E-state index contributed by atoms with van der Waals surface area (Å²) in [4.78, 5) is 31.4. The van der Waals surface area contributed by atoms with Crippen LogP contribution in [0.3, 0.4) is 0 Å². The molecular weight excluding hydrogens is 554 g/mol. The molecule has 1 aliphatic carbocycles. The number of carbonyl (C=O) groups excluding carboxylic acids is 2. The Bertz CT molecular complexity index is 1520. The van der Waals surface area contributed by atoms with E-state index in [-0.39, 0.29) is 44.1 Å². The first kappa shape index (κ1) is 30.3. The zero-order valence-electron chi connectivity index (χ0n) is 24.5. The van der Waals surface area contributed by atoms with Gasteiger partial charge < -0.3 is 10.4 Å². The van der Waals surface area contributed by atoms with Gasteiger partial charge in [-0.2, -0.15) is 15.5 Å². The van der Waals surface area contributed by atoms with Gasteiger partial charge in [0, 0.05) is 41.9 Å². The molecule has 2 heterocycles. The van der Waals surface area contributed by atoms with E-state index in [1.807, 2.05) is 18.3 Å². The first-order valence-electron chi connectivity index (χ1n) is 14.5. The van der Waals surface area contributed by atoms with Gasteiger partial charge in [0.25, 0.3) is 5.91 Å². The summed E-state index contributed by atoms with van der Waals surface area (Å²) in [7, 11) is 0. The lowest BCUT2D eigenvalue weighted by atomic mass is 9.87. The van der Waals surface area contributed by atoms with Crippen LogP contribution in [0.25, 0.3) is 10.9 Å². The minimum absolute atomic E-state index is 0.00337. The van der Waals surface area contributed by atoms with Gasteiger partial charge in [-0.25, -0.2) is 8.78 Å². The lowest BCUT2D eigenvalue weighted by Gasteiger charge is -2.36. The van der Waals surface area contributed by atoms with Gasteiger partial charge in [0.05, 0.1) is 24.4 Å². The smallest absolute Gasteiger partial charge is 0.251 e. The first-order valence-corrected chi connectivity index (χ1v) is 14.5. The van der Waals surface area contributed by atoms with E-state index in [0.717, 1.165) is 5.56 Å². The van der Waals surface area contributed by atoms with Crippen LogP contribution >= 0.6 is 0 Å². The second-order valence-corrected chi connectivity index (χ2v) is 12.5. The van der Waals surface area contributed by atoms with Crippen LogP contribution in [-0.2, 0) is 15.0 Å². The fourth-order valence-corrected chi connectivity index (χ4v) is 5.95. The Balaban J connectivity index is 1.64. The summed E-state index contributed by atoms with van der Waals surface area (Å²) in [6, 6.07) is 11.6. The minimum atomic E-state index is -2.77. The lowest BCUT2D eigenvalue weighted by molar-refractivity contribution is -0.129. The molecule has 0 radical (unpaired) electrons. The van der Waals surface area contributed by atoms with Crippen LogP contribution < -0.4 is 10.2 Å². The quantitative estimate of drug-likeness (QED) is 0.402. The summed E-state index contributed by atoms with van der Waals surface area (Å²) in [6.45, 7) is 6.19. The Labute approximate surface area is 249 Å². The number of amides is 2. The maximum atomic E-state index is 14.5. The maximum absolute atomic E-state index is 14.5. The third-order valence-electron chi connectivity index (χ3n) is 8.38. The molecule has 1 saturated heterocycles. The van der Waals surface area contributed by atoms with E-state index >= 15 is 0 Å². The van der Waals surface area contributed by atoms with Gasteiger partial charge in [0.1, 0.15) is 12.1 Å². The van der Waals surface area contributed by atoms with Gasteiger partial charge in [0.15, 0.2) is 6.19 Å². The van der Waals surface area contributed by atoms with Crippen molar-refractivity contribution >= 4 is 28.4 Å². The van der Waals surface area contributed by atoms with Crippen molar-refractivity contribution in [3.05, 3.63) is 65.9 Å². The number of carbonyl (C=O) groups is 2. The molecule has 11 heteroatoms. The van der Waals surface area contributed by atoms with Gasteiger partial charge >= 0.3 is 0 Å². The number of hydrogen-bond donors (Lipinski definition) is 2. The number of nitriles is 1. The Morgan fingerprint density at radius 2 is 1.81 bits per heavy atom. The molecule has 5 rings (SSSR count). The van der Waals surface area contributed by atoms with Crippen LogP contribution in [0, 0.1) is 11.5 Å². The van der Waals surface area contributed by atoms with Crippen molar-refractivity contribution in [3.8, 4) is 6.19 Å². The largest absolute Gasteiger partial charge is 0.391 e. The first-order chi connectivity index (χ1) is 20.4. The summed E-state index contributed by atoms with van der Waals surface area (Å²) in [6.07, 6.45) is 2.11. The third-order valence-corrected chi connectivity index (χ3v) is 8.38. The summed E-state index contributed by atoms with van der Waals surface area (Å²) in [5, 5.41) is 32.0. The standard InChI is InChI=1S/C32H36F2N6O3/c1-31(2,3)20-8-10-22(11-9-20)40(30(43)27-16-23(41)18-39(27)19-35)28(25-17-36-38-26-7-5-4-6-24(25)26)29(42)37-21-12-14-32(33,34)15-13-21/h4-11,17,21,23,27-28,41H,12-16,18H2,1-3H3,(H,37,42). The van der Waals surface area contributed by atoms with E-state index < -0.39 is 42.0 Å². The van der Waals surface area contributed by atoms with Crippen LogP contribution in [0.15, 0.2) is 54.7 Å². The van der Waals surface area contributed by atoms with Crippen molar-refractivity contribution in [2.45, 2.75) is 88.4 Å². The molecule has 226 valence electrons. The average molecular weight is 591 g/mol. The number of alkyl halides is 2. The van der Waals surface area contributed by atoms with E-state index in [0.29, 0.717) is 22.2 Å². The number of β-amino-alcohol motifs (C(OH)–C–C–N with tert-alkyl or cyclic N) is 1. The van der Waals surface area contributed by atoms with E-state index in [2.05, 4.69) is 36.3 Å². The van der Waals surface area contributed by atoms with Crippen LogP contribution in [0.1, 0.15) is 70.0 Å². The number of halogens is 2. The number of aliphatic hydroxyl groups excluding tert-OH is 1. The summed E-state index contributed by atoms with van der Waals surface area (Å²) >= 11 is 0. The minimum Gasteiger partial charge on any atom is -0.391 e. The Hall–Kier alpha value is -4.17. The Morgan fingerprint density at radius 1 is 1.14 bits per heavy atom. The van der Waals surface area contributed by atoms with Crippen LogP contribution in [0.4, 0.5) is 14.5 Å². The highest BCUT2D eigenvalue weighted by Gasteiger charge is 2.44. The molecule has 2 N–H and O–H groups in total. The number of aromatic nitrogens is 2. The fourth-order valence-electron chi connectivity index (χ4n) is 5.95. The van der Waals surface area contributed by atoms with Gasteiger partial charge in [0.2, 0.25) is 11.8 Å². The van der Waals surface area contributed by atoms with Gasteiger partial charge in [-0.1, -0.05) is 51.1 Å². The van der Waals surface area contributed by atoms with Crippen molar-refractivity contribution < 1.29 is 23.5 Å².